The maximum Gasteiger partial charge on any atom is 0.328 e. The number of nitrogens with two attached hydrogens (primary N) is 1. The van der Waals surface area contributed by atoms with Crippen LogP contribution in [0.25, 0.3) is 4.91 Å². The van der Waals surface area contributed by atoms with Crippen LogP contribution in [-0.2, 0) is 15.8 Å². The van der Waals surface area contributed by atoms with Crippen molar-refractivity contribution >= 4 is 15.0 Å². The molecule has 0 saturated heterocycles. The van der Waals surface area contributed by atoms with Gasteiger partial charge in [0.25, 0.3) is 10.1 Å². The summed E-state index contributed by atoms with van der Waals surface area (Å²) in [7, 11) is -4.63. The maximum atomic E-state index is 11.2. The van der Waals surface area contributed by atoms with E-state index in [-0.39, 0.29) is 11.1 Å². The van der Waals surface area contributed by atoms with E-state index in [1.165, 1.54) is 24.3 Å². The fourth-order valence-corrected chi connectivity index (χ4v) is 2.75. The van der Waals surface area contributed by atoms with Gasteiger partial charge in [0, 0.05) is 5.56 Å². The normalized spacial score (nSPS) is 26.5. The summed E-state index contributed by atoms with van der Waals surface area (Å²) in [6.07, 6.45) is -1.21. The molecular formula is C10H10N2O6S. The van der Waals surface area contributed by atoms with E-state index in [0.29, 0.717) is 6.08 Å². The van der Waals surface area contributed by atoms with Gasteiger partial charge in [-0.1, -0.05) is 18.2 Å². The summed E-state index contributed by atoms with van der Waals surface area (Å²) in [5, 5.41) is 20.8. The Morgan fingerprint density at radius 2 is 1.95 bits per heavy atom. The van der Waals surface area contributed by atoms with Crippen molar-refractivity contribution in [3.63, 3.8) is 0 Å². The summed E-state index contributed by atoms with van der Waals surface area (Å²) in [6.45, 7) is 0. The van der Waals surface area contributed by atoms with Gasteiger partial charge in [-0.2, -0.15) is 8.42 Å². The lowest BCUT2D eigenvalue weighted by molar-refractivity contribution is -0.589. The number of benzene rings is 1. The summed E-state index contributed by atoms with van der Waals surface area (Å²) in [5.74, 6) is 0. The van der Waals surface area contributed by atoms with E-state index in [9.17, 15) is 23.6 Å². The van der Waals surface area contributed by atoms with Crippen LogP contribution in [0, 0.1) is 10.1 Å². The third-order valence-electron chi connectivity index (χ3n) is 2.96. The van der Waals surface area contributed by atoms with Crippen LogP contribution in [0.15, 0.2) is 30.3 Å². The Morgan fingerprint density at radius 1 is 1.37 bits per heavy atom. The smallest absolute Gasteiger partial charge is 0.328 e. The highest BCUT2D eigenvalue weighted by Crippen LogP contribution is 2.38. The molecule has 102 valence electrons. The first kappa shape index (κ1) is 13.6. The third kappa shape index (κ3) is 1.92. The first-order valence-corrected chi connectivity index (χ1v) is 6.53. The van der Waals surface area contributed by atoms with Crippen molar-refractivity contribution in [1.82, 2.24) is 0 Å². The summed E-state index contributed by atoms with van der Waals surface area (Å²) in [6, 6.07) is 5.37. The van der Waals surface area contributed by atoms with Crippen LogP contribution in [0.3, 0.4) is 0 Å². The molecule has 1 aromatic carbocycles. The molecule has 8 nitrogen and oxygen atoms in total. The lowest BCUT2D eigenvalue weighted by Gasteiger charge is -2.30. The highest BCUT2D eigenvalue weighted by molar-refractivity contribution is 7.95. The van der Waals surface area contributed by atoms with Crippen molar-refractivity contribution in [3.8, 4) is 0 Å². The Balaban J connectivity index is 2.81. The van der Waals surface area contributed by atoms with Crippen LogP contribution in [0.1, 0.15) is 11.1 Å². The maximum absolute atomic E-state index is 11.2. The molecule has 0 fully saturated rings. The molecule has 9 heteroatoms. The predicted molar refractivity (Wildman–Crippen MR) is 64.8 cm³/mol. The first-order valence-electron chi connectivity index (χ1n) is 5.09. The van der Waals surface area contributed by atoms with E-state index < -0.39 is 31.7 Å². The molecule has 0 bridgehead atoms. The topological polar surface area (TPSA) is 144 Å². The van der Waals surface area contributed by atoms with Gasteiger partial charge >= 0.3 is 5.66 Å². The second-order valence-corrected chi connectivity index (χ2v) is 5.47. The number of aliphatic hydroxyl groups is 1. The van der Waals surface area contributed by atoms with Gasteiger partial charge in [-0.25, -0.2) is 0 Å². The molecule has 1 aliphatic carbocycles. The molecule has 0 amide bonds. The minimum absolute atomic E-state index is 0.102. The van der Waals surface area contributed by atoms with Gasteiger partial charge in [-0.05, 0) is 12.1 Å². The number of hydrogen-bond acceptors (Lipinski definition) is 6. The zero-order valence-electron chi connectivity index (χ0n) is 9.42. The fraction of sp³-hybridized carbons (Fsp3) is 0.200. The molecular weight excluding hydrogens is 276 g/mol. The minimum atomic E-state index is -4.63. The SMILES string of the molecule is NC1([N+](=O)[O-])c2ccccc2C(S(=O)(=O)O)=CC1O. The van der Waals surface area contributed by atoms with Crippen LogP contribution in [0.2, 0.25) is 0 Å². The molecule has 2 rings (SSSR count). The molecule has 1 aromatic rings. The lowest BCUT2D eigenvalue weighted by Crippen LogP contribution is -2.55. The molecule has 0 saturated carbocycles. The van der Waals surface area contributed by atoms with Gasteiger partial charge in [0.1, 0.15) is 4.91 Å². The van der Waals surface area contributed by atoms with E-state index in [4.69, 9.17) is 10.3 Å². The molecule has 0 aliphatic heterocycles. The summed E-state index contributed by atoms with van der Waals surface area (Å²) < 4.78 is 31.6. The fourth-order valence-electron chi connectivity index (χ4n) is 2.00. The number of rotatable bonds is 2. The zero-order valence-corrected chi connectivity index (χ0v) is 10.2. The van der Waals surface area contributed by atoms with Crippen molar-refractivity contribution in [2.75, 3.05) is 0 Å². The van der Waals surface area contributed by atoms with Gasteiger partial charge in [-0.3, -0.25) is 20.4 Å². The largest absolute Gasteiger partial charge is 0.380 e. The molecule has 0 aromatic heterocycles. The number of nitrogens with zero attached hydrogens (tertiary/aromatic N) is 1. The summed E-state index contributed by atoms with van der Waals surface area (Å²) >= 11 is 0. The number of aliphatic hydroxyl groups excluding tert-OH is 1. The zero-order chi connectivity index (χ0) is 14.4. The molecule has 0 spiro atoms. The third-order valence-corrected chi connectivity index (χ3v) is 3.88. The van der Waals surface area contributed by atoms with Crippen molar-refractivity contribution in [2.45, 2.75) is 11.8 Å². The standard InChI is InChI=1S/C10H10N2O6S/c11-10(12(14)15)7-4-2-1-3-6(7)8(5-9(10)13)19(16,17)18/h1-5,9,13H,11H2,(H,16,17,18). The van der Waals surface area contributed by atoms with E-state index in [1.807, 2.05) is 0 Å². The average Bonchev–Trinajstić information content (AvgIpc) is 2.32. The quantitative estimate of drug-likeness (QED) is 0.292. The Bertz CT molecular complexity index is 683. The number of nitro groups is 1. The van der Waals surface area contributed by atoms with Crippen molar-refractivity contribution in [1.29, 1.82) is 0 Å². The van der Waals surface area contributed by atoms with Gasteiger partial charge < -0.3 is 5.11 Å². The Hall–Kier alpha value is -1.81. The predicted octanol–water partition coefficient (Wildman–Crippen LogP) is -0.322. The van der Waals surface area contributed by atoms with E-state index in [2.05, 4.69) is 0 Å². The lowest BCUT2D eigenvalue weighted by atomic mass is 9.86. The van der Waals surface area contributed by atoms with Crippen LogP contribution in [-0.4, -0.2) is 29.1 Å². The summed E-state index contributed by atoms with van der Waals surface area (Å²) in [5.41, 5.74) is 2.96. The molecule has 4 N–H and O–H groups in total. The van der Waals surface area contributed by atoms with E-state index in [1.54, 1.807) is 0 Å². The average molecular weight is 286 g/mol. The number of hydrogen-bond donors (Lipinski definition) is 3. The van der Waals surface area contributed by atoms with Crippen LogP contribution >= 0.6 is 0 Å². The second kappa shape index (κ2) is 4.10. The highest BCUT2D eigenvalue weighted by Gasteiger charge is 2.52. The summed E-state index contributed by atoms with van der Waals surface area (Å²) in [4.78, 5) is 9.59. The Labute approximate surface area is 108 Å². The van der Waals surface area contributed by atoms with Crippen LogP contribution in [0.5, 0.6) is 0 Å². The molecule has 0 heterocycles. The molecule has 2 atom stereocenters. The Morgan fingerprint density at radius 3 is 2.47 bits per heavy atom. The molecule has 19 heavy (non-hydrogen) atoms. The van der Waals surface area contributed by atoms with Gasteiger partial charge in [-0.15, -0.1) is 0 Å². The van der Waals surface area contributed by atoms with Crippen molar-refractivity contribution < 1.29 is 23.0 Å². The van der Waals surface area contributed by atoms with Crippen LogP contribution < -0.4 is 5.73 Å². The van der Waals surface area contributed by atoms with Gasteiger partial charge in [0.2, 0.25) is 0 Å². The Kier molecular flexibility index (Phi) is 2.94. The molecule has 2 unspecified atom stereocenters. The van der Waals surface area contributed by atoms with Crippen LogP contribution in [0.4, 0.5) is 0 Å². The monoisotopic (exact) mass is 286 g/mol. The van der Waals surface area contributed by atoms with E-state index >= 15 is 0 Å². The molecule has 1 aliphatic rings. The first-order chi connectivity index (χ1) is 8.69. The number of fused-ring (bicyclic) bond motifs is 1. The highest BCUT2D eigenvalue weighted by atomic mass is 32.2. The molecule has 0 radical (unpaired) electrons. The van der Waals surface area contributed by atoms with Crippen molar-refractivity contribution in [2.24, 2.45) is 5.73 Å². The minimum Gasteiger partial charge on any atom is -0.380 e. The van der Waals surface area contributed by atoms with Gasteiger partial charge in [0.05, 0.1) is 10.5 Å². The van der Waals surface area contributed by atoms with E-state index in [0.717, 1.165) is 0 Å². The van der Waals surface area contributed by atoms with Gasteiger partial charge in [0.15, 0.2) is 6.10 Å². The second-order valence-electron chi connectivity index (χ2n) is 4.08. The van der Waals surface area contributed by atoms with Crippen molar-refractivity contribution in [3.05, 3.63) is 51.6 Å².